The molecule has 1 aromatic carbocycles. The van der Waals surface area contributed by atoms with Crippen molar-refractivity contribution in [1.29, 1.82) is 0 Å². The largest absolute Gasteiger partial charge is 0.472 e. The molecule has 106 valence electrons. The first-order valence-electron chi connectivity index (χ1n) is 6.33. The molecular formula is C15H18N2O3. The van der Waals surface area contributed by atoms with Gasteiger partial charge in [-0.05, 0) is 30.3 Å². The molecule has 20 heavy (non-hydrogen) atoms. The van der Waals surface area contributed by atoms with Crippen LogP contribution in [0, 0.1) is 0 Å². The highest BCUT2D eigenvalue weighted by atomic mass is 16.3. The summed E-state index contributed by atoms with van der Waals surface area (Å²) in [7, 11) is 3.88. The topological polar surface area (TPSA) is 65.7 Å². The van der Waals surface area contributed by atoms with E-state index in [1.54, 1.807) is 18.2 Å². The third-order valence-electron chi connectivity index (χ3n) is 3.03. The smallest absolute Gasteiger partial charge is 0.251 e. The SMILES string of the molecule is CN(C)c1ccc(C(=O)NC[C@H](O)c2ccoc2)cc1. The normalized spacial score (nSPS) is 11.9. The average Bonchev–Trinajstić information content (AvgIpc) is 2.98. The monoisotopic (exact) mass is 274 g/mol. The van der Waals surface area contributed by atoms with Crippen LogP contribution in [0.3, 0.4) is 0 Å². The number of furan rings is 1. The van der Waals surface area contributed by atoms with Gasteiger partial charge in [-0.1, -0.05) is 0 Å². The van der Waals surface area contributed by atoms with Crippen LogP contribution in [0.2, 0.25) is 0 Å². The fraction of sp³-hybridized carbons (Fsp3) is 0.267. The van der Waals surface area contributed by atoms with E-state index in [0.29, 0.717) is 11.1 Å². The minimum atomic E-state index is -0.765. The van der Waals surface area contributed by atoms with E-state index in [-0.39, 0.29) is 12.5 Å². The molecule has 0 aliphatic carbocycles. The standard InChI is InChI=1S/C15H18N2O3/c1-17(2)13-5-3-11(4-6-13)15(19)16-9-14(18)12-7-8-20-10-12/h3-8,10,14,18H,9H2,1-2H3,(H,16,19)/t14-/m0/s1. The van der Waals surface area contributed by atoms with Gasteiger partial charge in [-0.3, -0.25) is 4.79 Å². The first-order valence-corrected chi connectivity index (χ1v) is 6.33. The number of hydrogen-bond donors (Lipinski definition) is 2. The van der Waals surface area contributed by atoms with Crippen LogP contribution in [-0.4, -0.2) is 31.7 Å². The minimum Gasteiger partial charge on any atom is -0.472 e. The van der Waals surface area contributed by atoms with E-state index in [4.69, 9.17) is 4.42 Å². The molecule has 0 fully saturated rings. The summed E-state index contributed by atoms with van der Waals surface area (Å²) in [4.78, 5) is 13.9. The molecule has 5 heteroatoms. The van der Waals surface area contributed by atoms with Crippen LogP contribution in [0.25, 0.3) is 0 Å². The first-order chi connectivity index (χ1) is 9.58. The molecular weight excluding hydrogens is 256 g/mol. The first kappa shape index (κ1) is 14.1. The zero-order valence-corrected chi connectivity index (χ0v) is 11.5. The number of aliphatic hydroxyl groups excluding tert-OH is 1. The number of amides is 1. The van der Waals surface area contributed by atoms with Crippen molar-refractivity contribution in [3.63, 3.8) is 0 Å². The third kappa shape index (κ3) is 3.39. The molecule has 1 atom stereocenters. The Kier molecular flexibility index (Phi) is 4.42. The van der Waals surface area contributed by atoms with Gasteiger partial charge in [-0.15, -0.1) is 0 Å². The van der Waals surface area contributed by atoms with Gasteiger partial charge in [0.05, 0.1) is 18.6 Å². The summed E-state index contributed by atoms with van der Waals surface area (Å²) in [6.45, 7) is 0.147. The highest BCUT2D eigenvalue weighted by molar-refractivity contribution is 5.94. The Morgan fingerprint density at radius 2 is 2.00 bits per heavy atom. The summed E-state index contributed by atoms with van der Waals surface area (Å²) in [5.74, 6) is -0.210. The van der Waals surface area contributed by atoms with E-state index in [9.17, 15) is 9.90 Å². The molecule has 0 saturated heterocycles. The number of carbonyl (C=O) groups excluding carboxylic acids is 1. The van der Waals surface area contributed by atoms with Gasteiger partial charge in [0.25, 0.3) is 5.91 Å². The van der Waals surface area contributed by atoms with Crippen LogP contribution >= 0.6 is 0 Å². The van der Waals surface area contributed by atoms with Crippen molar-refractivity contribution < 1.29 is 14.3 Å². The van der Waals surface area contributed by atoms with E-state index in [1.807, 2.05) is 31.1 Å². The van der Waals surface area contributed by atoms with E-state index >= 15 is 0 Å². The predicted molar refractivity (Wildman–Crippen MR) is 76.8 cm³/mol. The minimum absolute atomic E-state index is 0.147. The van der Waals surface area contributed by atoms with Crippen molar-refractivity contribution in [2.24, 2.45) is 0 Å². The van der Waals surface area contributed by atoms with Crippen LogP contribution in [0.4, 0.5) is 5.69 Å². The van der Waals surface area contributed by atoms with Crippen molar-refractivity contribution >= 4 is 11.6 Å². The lowest BCUT2D eigenvalue weighted by Gasteiger charge is -2.13. The molecule has 1 amide bonds. The average molecular weight is 274 g/mol. The number of nitrogens with one attached hydrogen (secondary N) is 1. The zero-order valence-electron chi connectivity index (χ0n) is 11.5. The van der Waals surface area contributed by atoms with Crippen molar-refractivity contribution in [1.82, 2.24) is 5.32 Å². The van der Waals surface area contributed by atoms with Gasteiger partial charge in [0, 0.05) is 37.5 Å². The quantitative estimate of drug-likeness (QED) is 0.872. The van der Waals surface area contributed by atoms with E-state index in [1.165, 1.54) is 12.5 Å². The van der Waals surface area contributed by atoms with Gasteiger partial charge in [0.1, 0.15) is 0 Å². The van der Waals surface area contributed by atoms with E-state index < -0.39 is 6.10 Å². The van der Waals surface area contributed by atoms with Crippen molar-refractivity contribution in [2.75, 3.05) is 25.5 Å². The summed E-state index contributed by atoms with van der Waals surface area (Å²) in [6.07, 6.45) is 2.18. The molecule has 5 nitrogen and oxygen atoms in total. The fourth-order valence-corrected chi connectivity index (χ4v) is 1.78. The fourth-order valence-electron chi connectivity index (χ4n) is 1.78. The summed E-state index contributed by atoms with van der Waals surface area (Å²) >= 11 is 0. The van der Waals surface area contributed by atoms with Crippen molar-refractivity contribution in [3.8, 4) is 0 Å². The Bertz CT molecular complexity index is 547. The summed E-state index contributed by atoms with van der Waals surface area (Å²) in [5.41, 5.74) is 2.24. The summed E-state index contributed by atoms with van der Waals surface area (Å²) in [6, 6.07) is 8.94. The van der Waals surface area contributed by atoms with Crippen LogP contribution in [-0.2, 0) is 0 Å². The van der Waals surface area contributed by atoms with E-state index in [2.05, 4.69) is 5.32 Å². The number of rotatable bonds is 5. The Balaban J connectivity index is 1.91. The highest BCUT2D eigenvalue weighted by Crippen LogP contribution is 2.14. The third-order valence-corrected chi connectivity index (χ3v) is 3.03. The zero-order chi connectivity index (χ0) is 14.5. The Hall–Kier alpha value is -2.27. The molecule has 0 saturated carbocycles. The van der Waals surface area contributed by atoms with Crippen LogP contribution in [0.5, 0.6) is 0 Å². The molecule has 2 N–H and O–H groups in total. The van der Waals surface area contributed by atoms with Crippen LogP contribution < -0.4 is 10.2 Å². The second-order valence-electron chi connectivity index (χ2n) is 4.72. The van der Waals surface area contributed by atoms with Crippen LogP contribution in [0.15, 0.2) is 47.3 Å². The number of benzene rings is 1. The molecule has 1 heterocycles. The molecule has 0 aliphatic rings. The van der Waals surface area contributed by atoms with Gasteiger partial charge in [0.15, 0.2) is 0 Å². The van der Waals surface area contributed by atoms with Crippen LogP contribution in [0.1, 0.15) is 22.0 Å². The molecule has 2 aromatic rings. The molecule has 0 unspecified atom stereocenters. The molecule has 0 spiro atoms. The maximum Gasteiger partial charge on any atom is 0.251 e. The lowest BCUT2D eigenvalue weighted by molar-refractivity contribution is 0.0916. The molecule has 0 radical (unpaired) electrons. The molecule has 0 aliphatic heterocycles. The number of hydrogen-bond acceptors (Lipinski definition) is 4. The van der Waals surface area contributed by atoms with Crippen molar-refractivity contribution in [2.45, 2.75) is 6.10 Å². The summed E-state index contributed by atoms with van der Waals surface area (Å²) in [5, 5.41) is 12.5. The predicted octanol–water partition coefficient (Wildman–Crippen LogP) is 1.81. The van der Waals surface area contributed by atoms with Gasteiger partial charge >= 0.3 is 0 Å². The summed E-state index contributed by atoms with van der Waals surface area (Å²) < 4.78 is 4.89. The highest BCUT2D eigenvalue weighted by Gasteiger charge is 2.11. The number of aliphatic hydroxyl groups is 1. The van der Waals surface area contributed by atoms with Gasteiger partial charge in [-0.2, -0.15) is 0 Å². The molecule has 2 rings (SSSR count). The van der Waals surface area contributed by atoms with Gasteiger partial charge in [-0.25, -0.2) is 0 Å². The number of carbonyl (C=O) groups is 1. The lowest BCUT2D eigenvalue weighted by Crippen LogP contribution is -2.28. The van der Waals surface area contributed by atoms with Crippen molar-refractivity contribution in [3.05, 3.63) is 54.0 Å². The maximum absolute atomic E-state index is 11.9. The van der Waals surface area contributed by atoms with E-state index in [0.717, 1.165) is 5.69 Å². The molecule has 0 bridgehead atoms. The second-order valence-corrected chi connectivity index (χ2v) is 4.72. The second kappa shape index (κ2) is 6.25. The maximum atomic E-state index is 11.9. The Labute approximate surface area is 117 Å². The Morgan fingerprint density at radius 3 is 2.55 bits per heavy atom. The number of nitrogens with zero attached hydrogens (tertiary/aromatic N) is 1. The lowest BCUT2D eigenvalue weighted by atomic mass is 10.1. The number of anilines is 1. The van der Waals surface area contributed by atoms with Gasteiger partial charge < -0.3 is 19.7 Å². The molecule has 1 aromatic heterocycles. The Morgan fingerprint density at radius 1 is 1.30 bits per heavy atom. The van der Waals surface area contributed by atoms with Gasteiger partial charge in [0.2, 0.25) is 0 Å².